The molecule has 3 rings (SSSR count). The van der Waals surface area contributed by atoms with Gasteiger partial charge in [0.15, 0.2) is 0 Å². The van der Waals surface area contributed by atoms with Crippen molar-refractivity contribution in [1.82, 2.24) is 0 Å². The van der Waals surface area contributed by atoms with Crippen LogP contribution >= 0.6 is 11.3 Å². The van der Waals surface area contributed by atoms with E-state index in [0.29, 0.717) is 5.92 Å². The summed E-state index contributed by atoms with van der Waals surface area (Å²) in [5, 5.41) is 5.22. The Morgan fingerprint density at radius 3 is 2.36 bits per heavy atom. The van der Waals surface area contributed by atoms with Crippen molar-refractivity contribution >= 4 is 22.9 Å². The van der Waals surface area contributed by atoms with Gasteiger partial charge in [0.25, 0.3) is 0 Å². The lowest BCUT2D eigenvalue weighted by atomic mass is 9.83. The molecule has 1 heterocycles. The molecule has 0 saturated heterocycles. The molecule has 2 aromatic rings. The first kappa shape index (κ1) is 15.3. The van der Waals surface area contributed by atoms with Crippen molar-refractivity contribution in [1.29, 1.82) is 0 Å². The van der Waals surface area contributed by atoms with Crippen molar-refractivity contribution < 1.29 is 4.79 Å². The molecular formula is C19H23NOS. The van der Waals surface area contributed by atoms with Gasteiger partial charge >= 0.3 is 0 Å². The van der Waals surface area contributed by atoms with Gasteiger partial charge in [-0.3, -0.25) is 4.79 Å². The molecular weight excluding hydrogens is 290 g/mol. The molecule has 0 radical (unpaired) electrons. The number of carbonyl (C=O) groups excluding carboxylic acids is 1. The molecule has 1 amide bonds. The van der Waals surface area contributed by atoms with E-state index in [0.717, 1.165) is 31.4 Å². The minimum atomic E-state index is -0.315. The Kier molecular flexibility index (Phi) is 4.34. The van der Waals surface area contributed by atoms with Crippen molar-refractivity contribution in [2.75, 3.05) is 5.32 Å². The second-order valence-corrected chi connectivity index (χ2v) is 7.45. The second kappa shape index (κ2) is 6.25. The van der Waals surface area contributed by atoms with E-state index < -0.39 is 0 Å². The zero-order chi connectivity index (χ0) is 15.6. The Morgan fingerprint density at radius 1 is 1.14 bits per heavy atom. The summed E-state index contributed by atoms with van der Waals surface area (Å²) in [5.41, 5.74) is 1.88. The molecule has 1 aliphatic rings. The lowest BCUT2D eigenvalue weighted by molar-refractivity contribution is -0.121. The van der Waals surface area contributed by atoms with Crippen LogP contribution in [-0.2, 0) is 10.2 Å². The highest BCUT2D eigenvalue weighted by Crippen LogP contribution is 2.43. The molecule has 1 aliphatic carbocycles. The van der Waals surface area contributed by atoms with Crippen LogP contribution in [0.2, 0.25) is 0 Å². The largest absolute Gasteiger partial charge is 0.325 e. The lowest BCUT2D eigenvalue weighted by Gasteiger charge is -2.26. The Morgan fingerprint density at radius 2 is 1.82 bits per heavy atom. The van der Waals surface area contributed by atoms with Gasteiger partial charge in [0.1, 0.15) is 0 Å². The van der Waals surface area contributed by atoms with Gasteiger partial charge in [-0.2, -0.15) is 0 Å². The van der Waals surface area contributed by atoms with Crippen molar-refractivity contribution in [2.24, 2.45) is 0 Å². The van der Waals surface area contributed by atoms with Crippen LogP contribution in [-0.4, -0.2) is 5.91 Å². The molecule has 1 aromatic heterocycles. The summed E-state index contributed by atoms with van der Waals surface area (Å²) in [7, 11) is 0. The van der Waals surface area contributed by atoms with E-state index in [4.69, 9.17) is 0 Å². The number of nitrogens with one attached hydrogen (secondary N) is 1. The number of anilines is 1. The van der Waals surface area contributed by atoms with Gasteiger partial charge < -0.3 is 5.32 Å². The fraction of sp³-hybridized carbons (Fsp3) is 0.421. The third-order valence-corrected chi connectivity index (χ3v) is 5.79. The van der Waals surface area contributed by atoms with Gasteiger partial charge in [0.05, 0.1) is 5.41 Å². The number of thiophene rings is 1. The van der Waals surface area contributed by atoms with E-state index in [-0.39, 0.29) is 11.3 Å². The van der Waals surface area contributed by atoms with Crippen molar-refractivity contribution in [2.45, 2.75) is 50.9 Å². The summed E-state index contributed by atoms with van der Waals surface area (Å²) in [4.78, 5) is 14.2. The van der Waals surface area contributed by atoms with E-state index in [1.54, 1.807) is 11.3 Å². The van der Waals surface area contributed by atoms with Crippen LogP contribution in [0, 0.1) is 0 Å². The summed E-state index contributed by atoms with van der Waals surface area (Å²) >= 11 is 1.70. The first-order chi connectivity index (χ1) is 10.6. The summed E-state index contributed by atoms with van der Waals surface area (Å²) < 4.78 is 0. The molecule has 3 heteroatoms. The van der Waals surface area contributed by atoms with E-state index in [1.165, 1.54) is 10.4 Å². The monoisotopic (exact) mass is 313 g/mol. The normalized spacial score (nSPS) is 16.9. The Balaban J connectivity index is 1.80. The van der Waals surface area contributed by atoms with Gasteiger partial charge in [-0.1, -0.05) is 44.9 Å². The van der Waals surface area contributed by atoms with Crippen LogP contribution in [0.5, 0.6) is 0 Å². The van der Waals surface area contributed by atoms with Gasteiger partial charge in [0, 0.05) is 10.6 Å². The minimum absolute atomic E-state index is 0.157. The van der Waals surface area contributed by atoms with E-state index in [9.17, 15) is 4.79 Å². The first-order valence-electron chi connectivity index (χ1n) is 8.07. The zero-order valence-corrected chi connectivity index (χ0v) is 14.1. The third-order valence-electron chi connectivity index (χ3n) is 4.72. The number of hydrogen-bond donors (Lipinski definition) is 1. The molecule has 0 unspecified atom stereocenters. The molecule has 22 heavy (non-hydrogen) atoms. The van der Waals surface area contributed by atoms with E-state index >= 15 is 0 Å². The van der Waals surface area contributed by atoms with Crippen molar-refractivity contribution in [3.8, 4) is 0 Å². The molecule has 1 aromatic carbocycles. The summed E-state index contributed by atoms with van der Waals surface area (Å²) in [6.07, 6.45) is 4.20. The molecule has 1 N–H and O–H groups in total. The molecule has 1 saturated carbocycles. The minimum Gasteiger partial charge on any atom is -0.325 e. The van der Waals surface area contributed by atoms with Crippen LogP contribution in [0.4, 0.5) is 5.69 Å². The molecule has 1 fully saturated rings. The first-order valence-corrected chi connectivity index (χ1v) is 8.95. The quantitative estimate of drug-likeness (QED) is 0.813. The van der Waals surface area contributed by atoms with Crippen LogP contribution in [0.3, 0.4) is 0 Å². The van der Waals surface area contributed by atoms with Crippen molar-refractivity contribution in [3.05, 3.63) is 52.2 Å². The smallest absolute Gasteiger partial charge is 0.235 e. The average molecular weight is 313 g/mol. The maximum atomic E-state index is 12.9. The Bertz CT molecular complexity index is 622. The predicted molar refractivity (Wildman–Crippen MR) is 93.6 cm³/mol. The Labute approximate surface area is 136 Å². The maximum absolute atomic E-state index is 12.9. The molecule has 0 spiro atoms. The molecule has 0 aliphatic heterocycles. The van der Waals surface area contributed by atoms with Gasteiger partial charge in [-0.25, -0.2) is 0 Å². The fourth-order valence-electron chi connectivity index (χ4n) is 3.32. The Hall–Kier alpha value is -1.61. The molecule has 2 nitrogen and oxygen atoms in total. The number of carbonyl (C=O) groups is 1. The lowest BCUT2D eigenvalue weighted by Crippen LogP contribution is -2.37. The average Bonchev–Trinajstić information content (AvgIpc) is 3.19. The summed E-state index contributed by atoms with van der Waals surface area (Å²) in [6.45, 7) is 4.36. The van der Waals surface area contributed by atoms with E-state index in [2.05, 4.69) is 42.7 Å². The molecule has 0 atom stereocenters. The standard InChI is InChI=1S/C19H23NOS/c1-14(2)15-7-9-16(10-8-15)20-18(21)19(11-3-4-12-19)17-6-5-13-22-17/h5-10,13-14H,3-4,11-12H2,1-2H3,(H,20,21). The topological polar surface area (TPSA) is 29.1 Å². The van der Waals surface area contributed by atoms with Crippen LogP contribution in [0.1, 0.15) is 55.9 Å². The third kappa shape index (κ3) is 2.82. The van der Waals surface area contributed by atoms with Crippen LogP contribution in [0.15, 0.2) is 41.8 Å². The highest BCUT2D eigenvalue weighted by molar-refractivity contribution is 7.10. The number of benzene rings is 1. The maximum Gasteiger partial charge on any atom is 0.235 e. The predicted octanol–water partition coefficient (Wildman–Crippen LogP) is 5.32. The van der Waals surface area contributed by atoms with Crippen LogP contribution in [0.25, 0.3) is 0 Å². The fourth-order valence-corrected chi connectivity index (χ4v) is 4.30. The van der Waals surface area contributed by atoms with Gasteiger partial charge in [0.2, 0.25) is 5.91 Å². The highest BCUT2D eigenvalue weighted by atomic mass is 32.1. The van der Waals surface area contributed by atoms with Crippen LogP contribution < -0.4 is 5.32 Å². The van der Waals surface area contributed by atoms with Gasteiger partial charge in [-0.15, -0.1) is 11.3 Å². The van der Waals surface area contributed by atoms with Gasteiger partial charge in [-0.05, 0) is 47.9 Å². The number of rotatable bonds is 4. The SMILES string of the molecule is CC(C)c1ccc(NC(=O)C2(c3cccs3)CCCC2)cc1. The highest BCUT2D eigenvalue weighted by Gasteiger charge is 2.43. The molecule has 0 bridgehead atoms. The number of amides is 1. The van der Waals surface area contributed by atoms with E-state index in [1.807, 2.05) is 18.2 Å². The second-order valence-electron chi connectivity index (χ2n) is 6.50. The van der Waals surface area contributed by atoms with Crippen molar-refractivity contribution in [3.63, 3.8) is 0 Å². The number of hydrogen-bond acceptors (Lipinski definition) is 2. The molecule has 116 valence electrons. The summed E-state index contributed by atoms with van der Waals surface area (Å²) in [5.74, 6) is 0.668. The summed E-state index contributed by atoms with van der Waals surface area (Å²) in [6, 6.07) is 12.4. The zero-order valence-electron chi connectivity index (χ0n) is 13.3.